The summed E-state index contributed by atoms with van der Waals surface area (Å²) in [5.41, 5.74) is 3.65. The zero-order valence-corrected chi connectivity index (χ0v) is 10.0. The van der Waals surface area contributed by atoms with Gasteiger partial charge in [-0.25, -0.2) is 0 Å². The van der Waals surface area contributed by atoms with E-state index in [1.54, 1.807) is 0 Å². The Morgan fingerprint density at radius 3 is 2.75 bits per heavy atom. The Morgan fingerprint density at radius 2 is 2.12 bits per heavy atom. The van der Waals surface area contributed by atoms with Crippen molar-refractivity contribution in [2.24, 2.45) is 0 Å². The van der Waals surface area contributed by atoms with E-state index < -0.39 is 0 Å². The van der Waals surface area contributed by atoms with E-state index in [2.05, 4.69) is 49.7 Å². The number of para-hydroxylation sites is 1. The Hall–Kier alpha value is -1.57. The number of rotatable bonds is 3. The number of nitrogens with zero attached hydrogens (tertiary/aromatic N) is 1. The van der Waals surface area contributed by atoms with E-state index in [9.17, 15) is 4.79 Å². The maximum atomic E-state index is 10.7. The van der Waals surface area contributed by atoms with E-state index in [-0.39, 0.29) is 0 Å². The number of carbonyl (C=O) groups is 1. The maximum Gasteiger partial charge on any atom is 0.124 e. The van der Waals surface area contributed by atoms with Gasteiger partial charge in [-0.15, -0.1) is 0 Å². The van der Waals surface area contributed by atoms with Crippen LogP contribution in [0.4, 0.5) is 0 Å². The molecule has 0 amide bonds. The average molecular weight is 215 g/mol. The Balaban J connectivity index is 2.76. The van der Waals surface area contributed by atoms with Crippen LogP contribution in [0.15, 0.2) is 24.4 Å². The lowest BCUT2D eigenvalue weighted by Gasteiger charge is -2.10. The number of carbonyl (C=O) groups excluding carboxylic acids is 1. The van der Waals surface area contributed by atoms with Crippen molar-refractivity contribution in [3.05, 3.63) is 35.5 Å². The van der Waals surface area contributed by atoms with Crippen molar-refractivity contribution >= 4 is 17.2 Å². The molecule has 0 saturated carbocycles. The molecule has 0 spiro atoms. The van der Waals surface area contributed by atoms with Crippen LogP contribution in [0.3, 0.4) is 0 Å². The lowest BCUT2D eigenvalue weighted by molar-refractivity contribution is -0.107. The van der Waals surface area contributed by atoms with Crippen molar-refractivity contribution in [2.75, 3.05) is 0 Å². The van der Waals surface area contributed by atoms with E-state index in [1.165, 1.54) is 16.5 Å². The number of aldehydes is 1. The van der Waals surface area contributed by atoms with Crippen molar-refractivity contribution in [2.45, 2.75) is 33.2 Å². The molecule has 84 valence electrons. The van der Waals surface area contributed by atoms with Crippen molar-refractivity contribution in [1.82, 2.24) is 4.57 Å². The van der Waals surface area contributed by atoms with E-state index in [0.29, 0.717) is 12.5 Å². The van der Waals surface area contributed by atoms with E-state index in [0.717, 1.165) is 11.8 Å². The first-order valence-corrected chi connectivity index (χ1v) is 5.67. The van der Waals surface area contributed by atoms with Crippen molar-refractivity contribution in [3.8, 4) is 0 Å². The van der Waals surface area contributed by atoms with Crippen LogP contribution in [0.25, 0.3) is 10.9 Å². The van der Waals surface area contributed by atoms with Gasteiger partial charge < -0.3 is 9.36 Å². The fraction of sp³-hybridized carbons (Fsp3) is 0.357. The van der Waals surface area contributed by atoms with Crippen molar-refractivity contribution in [1.29, 1.82) is 0 Å². The molecule has 0 fully saturated rings. The minimum absolute atomic E-state index is 0.420. The van der Waals surface area contributed by atoms with Crippen LogP contribution in [-0.4, -0.2) is 10.9 Å². The number of hydrogen-bond donors (Lipinski definition) is 0. The first-order chi connectivity index (χ1) is 7.65. The van der Waals surface area contributed by atoms with Crippen LogP contribution < -0.4 is 0 Å². The lowest BCUT2D eigenvalue weighted by Crippen LogP contribution is -1.99. The molecule has 2 heteroatoms. The molecule has 0 unspecified atom stereocenters. The summed E-state index contributed by atoms with van der Waals surface area (Å²) in [5, 5.41) is 1.21. The van der Waals surface area contributed by atoms with Crippen LogP contribution >= 0.6 is 0 Å². The molecule has 1 aromatic heterocycles. The minimum Gasteiger partial charge on any atom is -0.344 e. The quantitative estimate of drug-likeness (QED) is 0.720. The van der Waals surface area contributed by atoms with Crippen molar-refractivity contribution < 1.29 is 4.79 Å². The Kier molecular flexibility index (Phi) is 2.82. The molecule has 0 aliphatic carbocycles. The molecule has 0 bridgehead atoms. The van der Waals surface area contributed by atoms with E-state index >= 15 is 0 Å². The predicted octanol–water partition coefficient (Wildman–Crippen LogP) is 3.27. The van der Waals surface area contributed by atoms with Gasteiger partial charge in [0.2, 0.25) is 0 Å². The average Bonchev–Trinajstić information content (AvgIpc) is 2.60. The first kappa shape index (κ1) is 10.9. The molecule has 0 aliphatic heterocycles. The van der Waals surface area contributed by atoms with Gasteiger partial charge in [-0.3, -0.25) is 0 Å². The molecular formula is C14H17NO. The zero-order valence-electron chi connectivity index (χ0n) is 10.0. The van der Waals surface area contributed by atoms with E-state index in [4.69, 9.17) is 0 Å². The van der Waals surface area contributed by atoms with E-state index in [1.807, 2.05) is 0 Å². The van der Waals surface area contributed by atoms with Gasteiger partial charge in [-0.1, -0.05) is 18.2 Å². The normalized spacial score (nSPS) is 11.2. The first-order valence-electron chi connectivity index (χ1n) is 5.67. The highest BCUT2D eigenvalue weighted by atomic mass is 16.1. The highest BCUT2D eigenvalue weighted by Crippen LogP contribution is 2.27. The number of aryl methyl sites for hydroxylation is 1. The second-order valence-corrected chi connectivity index (χ2v) is 4.50. The summed E-state index contributed by atoms with van der Waals surface area (Å²) in [5.74, 6) is 0. The lowest BCUT2D eigenvalue weighted by atomic mass is 10.1. The number of fused-ring (bicyclic) bond motifs is 1. The SMILES string of the molecule is Cc1cccc2c(CC=O)cn(C(C)C)c12. The fourth-order valence-electron chi connectivity index (χ4n) is 2.22. The predicted molar refractivity (Wildman–Crippen MR) is 66.8 cm³/mol. The molecule has 0 aliphatic rings. The second-order valence-electron chi connectivity index (χ2n) is 4.50. The summed E-state index contributed by atoms with van der Waals surface area (Å²) < 4.78 is 2.25. The minimum atomic E-state index is 0.420. The highest BCUT2D eigenvalue weighted by molar-refractivity contribution is 5.88. The van der Waals surface area contributed by atoms with Crippen molar-refractivity contribution in [3.63, 3.8) is 0 Å². The summed E-state index contributed by atoms with van der Waals surface area (Å²) >= 11 is 0. The smallest absolute Gasteiger partial charge is 0.124 e. The third kappa shape index (κ3) is 1.64. The highest BCUT2D eigenvalue weighted by Gasteiger charge is 2.11. The van der Waals surface area contributed by atoms with Gasteiger partial charge in [0.15, 0.2) is 0 Å². The van der Waals surface area contributed by atoms with Gasteiger partial charge in [-0.05, 0) is 31.9 Å². The maximum absolute atomic E-state index is 10.7. The molecule has 2 aromatic rings. The molecule has 2 rings (SSSR count). The van der Waals surface area contributed by atoms with Gasteiger partial charge in [0.25, 0.3) is 0 Å². The zero-order chi connectivity index (χ0) is 11.7. The molecule has 0 saturated heterocycles. The monoisotopic (exact) mass is 215 g/mol. The molecule has 0 atom stereocenters. The molecule has 0 N–H and O–H groups in total. The third-order valence-corrected chi connectivity index (χ3v) is 3.00. The number of aromatic nitrogens is 1. The fourth-order valence-corrected chi connectivity index (χ4v) is 2.22. The van der Waals surface area contributed by atoms with Gasteiger partial charge >= 0.3 is 0 Å². The van der Waals surface area contributed by atoms with Crippen LogP contribution in [0.1, 0.15) is 31.0 Å². The summed E-state index contributed by atoms with van der Waals surface area (Å²) in [7, 11) is 0. The molecule has 0 radical (unpaired) electrons. The summed E-state index contributed by atoms with van der Waals surface area (Å²) in [4.78, 5) is 10.7. The van der Waals surface area contributed by atoms with Crippen LogP contribution in [0.2, 0.25) is 0 Å². The number of hydrogen-bond acceptors (Lipinski definition) is 1. The Bertz CT molecular complexity index is 523. The van der Waals surface area contributed by atoms with Gasteiger partial charge in [-0.2, -0.15) is 0 Å². The molecule has 16 heavy (non-hydrogen) atoms. The van der Waals surface area contributed by atoms with Crippen LogP contribution in [-0.2, 0) is 11.2 Å². The van der Waals surface area contributed by atoms with Crippen LogP contribution in [0.5, 0.6) is 0 Å². The molecule has 1 heterocycles. The standard InChI is InChI=1S/C14H17NO/c1-10(2)15-9-12(7-8-16)13-6-4-5-11(3)14(13)15/h4-6,8-10H,7H2,1-3H3. The van der Waals surface area contributed by atoms with Gasteiger partial charge in [0.05, 0.1) is 5.52 Å². The van der Waals surface area contributed by atoms with Gasteiger partial charge in [0.1, 0.15) is 6.29 Å². The topological polar surface area (TPSA) is 22.0 Å². The largest absolute Gasteiger partial charge is 0.344 e. The summed E-state index contributed by atoms with van der Waals surface area (Å²) in [6.07, 6.45) is 3.58. The molecule has 1 aromatic carbocycles. The Labute approximate surface area is 95.9 Å². The second kappa shape index (κ2) is 4.12. The summed E-state index contributed by atoms with van der Waals surface area (Å²) in [6.45, 7) is 6.44. The molecule has 2 nitrogen and oxygen atoms in total. The Morgan fingerprint density at radius 1 is 1.38 bits per heavy atom. The van der Waals surface area contributed by atoms with Gasteiger partial charge in [0, 0.05) is 24.0 Å². The number of benzene rings is 1. The molecular weight excluding hydrogens is 198 g/mol. The summed E-state index contributed by atoms with van der Waals surface area (Å²) in [6, 6.07) is 6.69. The third-order valence-electron chi connectivity index (χ3n) is 3.00. The van der Waals surface area contributed by atoms with Crippen LogP contribution in [0, 0.1) is 6.92 Å².